The largest absolute Gasteiger partial charge is 0.481 e. The van der Waals surface area contributed by atoms with E-state index < -0.39 is 11.4 Å². The van der Waals surface area contributed by atoms with Crippen LogP contribution in [0.15, 0.2) is 18.2 Å². The van der Waals surface area contributed by atoms with Crippen LogP contribution in [-0.2, 0) is 10.2 Å². The Balaban J connectivity index is 2.04. The first kappa shape index (κ1) is 23.8. The van der Waals surface area contributed by atoms with Crippen molar-refractivity contribution in [2.45, 2.75) is 77.7 Å². The number of hydrogen-bond donors (Lipinski definition) is 2. The van der Waals surface area contributed by atoms with Crippen molar-refractivity contribution in [3.63, 3.8) is 0 Å². The van der Waals surface area contributed by atoms with Crippen LogP contribution in [0, 0.1) is 5.92 Å². The normalized spacial score (nSPS) is 15.3. The zero-order valence-electron chi connectivity index (χ0n) is 18.8. The molecule has 1 fully saturated rings. The standard InChI is InChI=1S/C23H33ClN4O2S/c1-15(2)14-28(17-8-6-5-7-9-17)19-11-10-16(23(3,4)13-20(29)30)12-18(19)25-22-26-21(24)27-31-22/h10-12,15,17H,5-9,13-14H2,1-4H3,(H,29,30)(H,25,26,27). The predicted octanol–water partition coefficient (Wildman–Crippen LogP) is 6.48. The molecule has 0 spiro atoms. The molecule has 6 nitrogen and oxygen atoms in total. The molecule has 1 saturated carbocycles. The van der Waals surface area contributed by atoms with E-state index in [0.29, 0.717) is 17.1 Å². The summed E-state index contributed by atoms with van der Waals surface area (Å²) in [5, 5.41) is 13.7. The zero-order valence-corrected chi connectivity index (χ0v) is 20.4. The molecule has 0 saturated heterocycles. The lowest BCUT2D eigenvalue weighted by molar-refractivity contribution is -0.138. The minimum absolute atomic E-state index is 0.0642. The van der Waals surface area contributed by atoms with Crippen molar-refractivity contribution in [3.05, 3.63) is 29.0 Å². The van der Waals surface area contributed by atoms with E-state index in [1.54, 1.807) is 0 Å². The lowest BCUT2D eigenvalue weighted by atomic mass is 9.81. The lowest BCUT2D eigenvalue weighted by Crippen LogP contribution is -2.39. The number of aliphatic carboxylic acids is 1. The Morgan fingerprint density at radius 1 is 1.32 bits per heavy atom. The van der Waals surface area contributed by atoms with Crippen molar-refractivity contribution >= 4 is 45.6 Å². The molecule has 1 aliphatic carbocycles. The van der Waals surface area contributed by atoms with Crippen LogP contribution < -0.4 is 10.2 Å². The van der Waals surface area contributed by atoms with Gasteiger partial charge in [-0.05, 0) is 48.1 Å². The van der Waals surface area contributed by atoms with Crippen molar-refractivity contribution in [2.24, 2.45) is 5.92 Å². The SMILES string of the molecule is CC(C)CN(c1ccc(C(C)(C)CC(=O)O)cc1Nc1nc(Cl)ns1)C1CCCCC1. The molecule has 1 heterocycles. The highest BCUT2D eigenvalue weighted by atomic mass is 35.5. The molecule has 0 aliphatic heterocycles. The summed E-state index contributed by atoms with van der Waals surface area (Å²) in [5.74, 6) is -0.281. The van der Waals surface area contributed by atoms with Crippen LogP contribution in [0.3, 0.4) is 0 Å². The fourth-order valence-corrected chi connectivity index (χ4v) is 5.11. The van der Waals surface area contributed by atoms with Crippen LogP contribution in [0.2, 0.25) is 5.28 Å². The molecular weight excluding hydrogens is 432 g/mol. The van der Waals surface area contributed by atoms with Gasteiger partial charge in [-0.15, -0.1) is 0 Å². The maximum atomic E-state index is 11.4. The third-order valence-corrected chi connectivity index (χ3v) is 6.80. The first-order valence-corrected chi connectivity index (χ1v) is 12.2. The number of benzene rings is 1. The van der Waals surface area contributed by atoms with E-state index in [2.05, 4.69) is 51.6 Å². The third kappa shape index (κ3) is 6.32. The summed E-state index contributed by atoms with van der Waals surface area (Å²) in [4.78, 5) is 18.2. The Hall–Kier alpha value is -1.86. The summed E-state index contributed by atoms with van der Waals surface area (Å²) >= 11 is 7.17. The number of anilines is 3. The molecule has 0 atom stereocenters. The molecule has 2 N–H and O–H groups in total. The van der Waals surface area contributed by atoms with E-state index in [0.717, 1.165) is 23.5 Å². The maximum Gasteiger partial charge on any atom is 0.304 e. The number of halogens is 1. The Kier molecular flexibility index (Phi) is 7.81. The molecule has 1 aliphatic rings. The molecule has 31 heavy (non-hydrogen) atoms. The van der Waals surface area contributed by atoms with Gasteiger partial charge in [-0.25, -0.2) is 0 Å². The van der Waals surface area contributed by atoms with Crippen LogP contribution in [0.25, 0.3) is 0 Å². The summed E-state index contributed by atoms with van der Waals surface area (Å²) in [5.41, 5.74) is 2.54. The number of carboxylic acid groups (broad SMARTS) is 1. The second-order valence-electron chi connectivity index (χ2n) is 9.52. The van der Waals surface area contributed by atoms with Crippen LogP contribution in [0.1, 0.15) is 71.8 Å². The van der Waals surface area contributed by atoms with Crippen molar-refractivity contribution in [1.29, 1.82) is 0 Å². The van der Waals surface area contributed by atoms with E-state index in [9.17, 15) is 9.90 Å². The van der Waals surface area contributed by atoms with Crippen LogP contribution >= 0.6 is 23.1 Å². The molecule has 8 heteroatoms. The van der Waals surface area contributed by atoms with Crippen LogP contribution in [-0.4, -0.2) is 33.0 Å². The van der Waals surface area contributed by atoms with E-state index in [1.165, 1.54) is 43.6 Å². The molecule has 0 radical (unpaired) electrons. The van der Waals surface area contributed by atoms with Gasteiger partial charge in [-0.3, -0.25) is 4.79 Å². The predicted molar refractivity (Wildman–Crippen MR) is 129 cm³/mol. The van der Waals surface area contributed by atoms with Crippen molar-refractivity contribution in [1.82, 2.24) is 9.36 Å². The summed E-state index contributed by atoms with van der Waals surface area (Å²) in [6.07, 6.45) is 6.29. The monoisotopic (exact) mass is 464 g/mol. The van der Waals surface area contributed by atoms with Crippen molar-refractivity contribution < 1.29 is 9.90 Å². The molecule has 0 unspecified atom stereocenters. The number of aromatic nitrogens is 2. The first-order valence-electron chi connectivity index (χ1n) is 11.0. The highest BCUT2D eigenvalue weighted by Crippen LogP contribution is 2.39. The summed E-state index contributed by atoms with van der Waals surface area (Å²) in [6.45, 7) is 9.40. The van der Waals surface area contributed by atoms with E-state index in [4.69, 9.17) is 11.6 Å². The molecule has 170 valence electrons. The Labute approximate surface area is 194 Å². The van der Waals surface area contributed by atoms with E-state index in [-0.39, 0.29) is 11.7 Å². The Morgan fingerprint density at radius 2 is 2.03 bits per heavy atom. The van der Waals surface area contributed by atoms with Gasteiger partial charge >= 0.3 is 5.97 Å². The minimum atomic E-state index is -0.803. The lowest BCUT2D eigenvalue weighted by Gasteiger charge is -2.39. The number of carbonyl (C=O) groups is 1. The molecule has 1 aromatic carbocycles. The number of carboxylic acids is 1. The molecule has 1 aromatic heterocycles. The van der Waals surface area contributed by atoms with Gasteiger partial charge in [-0.2, -0.15) is 9.36 Å². The highest BCUT2D eigenvalue weighted by molar-refractivity contribution is 7.10. The second kappa shape index (κ2) is 10.2. The van der Waals surface area contributed by atoms with Gasteiger partial charge in [0.1, 0.15) is 0 Å². The Bertz CT molecular complexity index is 893. The van der Waals surface area contributed by atoms with Crippen LogP contribution in [0.4, 0.5) is 16.5 Å². The Morgan fingerprint density at radius 3 is 2.61 bits per heavy atom. The van der Waals surface area contributed by atoms with Crippen molar-refractivity contribution in [3.8, 4) is 0 Å². The van der Waals surface area contributed by atoms with Gasteiger partial charge < -0.3 is 15.3 Å². The topological polar surface area (TPSA) is 78.4 Å². The quantitative estimate of drug-likeness (QED) is 0.442. The number of nitrogens with one attached hydrogen (secondary N) is 1. The first-order chi connectivity index (χ1) is 14.7. The van der Waals surface area contributed by atoms with Gasteiger partial charge in [0, 0.05) is 29.5 Å². The van der Waals surface area contributed by atoms with E-state index in [1.807, 2.05) is 13.8 Å². The molecule has 0 bridgehead atoms. The van der Waals surface area contributed by atoms with Gasteiger partial charge in [-0.1, -0.05) is 53.0 Å². The molecular formula is C23H33ClN4O2S. The molecule has 2 aromatic rings. The summed E-state index contributed by atoms with van der Waals surface area (Å²) in [6, 6.07) is 6.80. The van der Waals surface area contributed by atoms with E-state index >= 15 is 0 Å². The summed E-state index contributed by atoms with van der Waals surface area (Å²) < 4.78 is 4.08. The maximum absolute atomic E-state index is 11.4. The average molecular weight is 465 g/mol. The van der Waals surface area contributed by atoms with Gasteiger partial charge in [0.15, 0.2) is 0 Å². The molecule has 3 rings (SSSR count). The average Bonchev–Trinajstić information content (AvgIpc) is 3.10. The smallest absolute Gasteiger partial charge is 0.304 e. The zero-order chi connectivity index (χ0) is 22.6. The fourth-order valence-electron chi connectivity index (χ4n) is 4.39. The third-order valence-electron chi connectivity index (χ3n) is 5.90. The highest BCUT2D eigenvalue weighted by Gasteiger charge is 2.28. The molecule has 0 amide bonds. The van der Waals surface area contributed by atoms with Gasteiger partial charge in [0.2, 0.25) is 10.4 Å². The van der Waals surface area contributed by atoms with Crippen molar-refractivity contribution in [2.75, 3.05) is 16.8 Å². The fraction of sp³-hybridized carbons (Fsp3) is 0.609. The second-order valence-corrected chi connectivity index (χ2v) is 10.6. The number of rotatable bonds is 9. The summed E-state index contributed by atoms with van der Waals surface area (Å²) in [7, 11) is 0. The van der Waals surface area contributed by atoms with Gasteiger partial charge in [0.25, 0.3) is 0 Å². The van der Waals surface area contributed by atoms with Crippen LogP contribution in [0.5, 0.6) is 0 Å². The number of hydrogen-bond acceptors (Lipinski definition) is 6. The van der Waals surface area contributed by atoms with Gasteiger partial charge in [0.05, 0.1) is 17.8 Å². The minimum Gasteiger partial charge on any atom is -0.481 e. The number of nitrogens with zero attached hydrogens (tertiary/aromatic N) is 3.